The van der Waals surface area contributed by atoms with Crippen LogP contribution in [0.5, 0.6) is 0 Å². The first-order chi connectivity index (χ1) is 13.3. The average molecular weight is 391 g/mol. The van der Waals surface area contributed by atoms with Crippen molar-refractivity contribution in [1.82, 2.24) is 30.0 Å². The van der Waals surface area contributed by atoms with E-state index in [2.05, 4.69) is 30.7 Å². The van der Waals surface area contributed by atoms with E-state index in [1.165, 1.54) is 23.4 Å². The van der Waals surface area contributed by atoms with Crippen molar-refractivity contribution in [2.75, 3.05) is 5.32 Å². The largest absolute Gasteiger partial charge is 0.328 e. The number of alkyl halides is 2. The number of benzene rings is 1. The van der Waals surface area contributed by atoms with E-state index in [1.807, 2.05) is 0 Å². The Morgan fingerprint density at radius 3 is 2.61 bits per heavy atom. The van der Waals surface area contributed by atoms with E-state index in [-0.39, 0.29) is 11.6 Å². The molecular formula is C17H16F3N7O. The van der Waals surface area contributed by atoms with E-state index in [0.717, 1.165) is 12.1 Å². The van der Waals surface area contributed by atoms with E-state index in [9.17, 15) is 18.0 Å². The molecule has 0 fully saturated rings. The SMILES string of the molecule is CC(NC(=O)Nc1ccc(F)cc1C(C)(F)F)c1ncnn1-c1ncccn1. The molecule has 2 aromatic heterocycles. The molecule has 0 aliphatic carbocycles. The highest BCUT2D eigenvalue weighted by molar-refractivity contribution is 5.90. The molecule has 146 valence electrons. The van der Waals surface area contributed by atoms with Crippen molar-refractivity contribution < 1.29 is 18.0 Å². The molecule has 0 saturated carbocycles. The van der Waals surface area contributed by atoms with E-state index in [0.29, 0.717) is 18.8 Å². The summed E-state index contributed by atoms with van der Waals surface area (Å²) in [5.41, 5.74) is -0.831. The van der Waals surface area contributed by atoms with Crippen molar-refractivity contribution in [3.05, 3.63) is 60.2 Å². The molecule has 3 aromatic rings. The predicted molar refractivity (Wildman–Crippen MR) is 93.5 cm³/mol. The lowest BCUT2D eigenvalue weighted by atomic mass is 10.1. The number of nitrogens with zero attached hydrogens (tertiary/aromatic N) is 5. The number of amides is 2. The summed E-state index contributed by atoms with van der Waals surface area (Å²) in [4.78, 5) is 24.5. The van der Waals surface area contributed by atoms with Gasteiger partial charge in [-0.3, -0.25) is 0 Å². The van der Waals surface area contributed by atoms with Crippen LogP contribution in [-0.4, -0.2) is 30.8 Å². The number of rotatable bonds is 5. The lowest BCUT2D eigenvalue weighted by Gasteiger charge is -2.18. The number of hydrogen-bond donors (Lipinski definition) is 2. The van der Waals surface area contributed by atoms with Crippen LogP contribution >= 0.6 is 0 Å². The van der Waals surface area contributed by atoms with Crippen molar-refractivity contribution in [1.29, 1.82) is 0 Å². The Morgan fingerprint density at radius 2 is 1.93 bits per heavy atom. The Kier molecular flexibility index (Phi) is 5.25. The van der Waals surface area contributed by atoms with Gasteiger partial charge in [0.05, 0.1) is 11.7 Å². The first-order valence-electron chi connectivity index (χ1n) is 8.18. The average Bonchev–Trinajstić information content (AvgIpc) is 3.13. The van der Waals surface area contributed by atoms with E-state index >= 15 is 0 Å². The highest BCUT2D eigenvalue weighted by Gasteiger charge is 2.29. The van der Waals surface area contributed by atoms with Crippen LogP contribution in [0.1, 0.15) is 31.3 Å². The second-order valence-electron chi connectivity index (χ2n) is 5.98. The summed E-state index contributed by atoms with van der Waals surface area (Å²) in [5.74, 6) is -3.56. The zero-order chi connectivity index (χ0) is 20.3. The first-order valence-corrected chi connectivity index (χ1v) is 8.18. The van der Waals surface area contributed by atoms with Crippen molar-refractivity contribution in [3.63, 3.8) is 0 Å². The number of halogens is 3. The molecule has 28 heavy (non-hydrogen) atoms. The fourth-order valence-electron chi connectivity index (χ4n) is 2.51. The third-order valence-corrected chi connectivity index (χ3v) is 3.75. The van der Waals surface area contributed by atoms with E-state index < -0.39 is 29.4 Å². The molecule has 1 unspecified atom stereocenters. The monoisotopic (exact) mass is 391 g/mol. The van der Waals surface area contributed by atoms with Crippen LogP contribution in [0, 0.1) is 5.82 Å². The van der Waals surface area contributed by atoms with Gasteiger partial charge in [-0.05, 0) is 31.2 Å². The standard InChI is InChI=1S/C17H16F3N7O/c1-10(14-23-9-24-27(14)15-21-6-3-7-22-15)25-16(28)26-13-5-4-11(18)8-12(13)17(2,19)20/h3-10H,1-2H3,(H2,25,26,28). The summed E-state index contributed by atoms with van der Waals surface area (Å²) >= 11 is 0. The molecular weight excluding hydrogens is 375 g/mol. The molecule has 2 heterocycles. The molecule has 0 radical (unpaired) electrons. The highest BCUT2D eigenvalue weighted by Crippen LogP contribution is 2.33. The second kappa shape index (κ2) is 7.62. The molecule has 3 rings (SSSR count). The maximum atomic E-state index is 13.7. The second-order valence-corrected chi connectivity index (χ2v) is 5.98. The van der Waals surface area contributed by atoms with Gasteiger partial charge in [0.25, 0.3) is 11.9 Å². The Morgan fingerprint density at radius 1 is 1.21 bits per heavy atom. The first kappa shape index (κ1) is 19.3. The Balaban J connectivity index is 1.76. The Bertz CT molecular complexity index is 972. The molecule has 2 N–H and O–H groups in total. The van der Waals surface area contributed by atoms with Crippen LogP contribution in [-0.2, 0) is 5.92 Å². The molecule has 0 saturated heterocycles. The van der Waals surface area contributed by atoms with Gasteiger partial charge in [0, 0.05) is 24.9 Å². The number of carbonyl (C=O) groups excluding carboxylic acids is 1. The van der Waals surface area contributed by atoms with Crippen LogP contribution < -0.4 is 10.6 Å². The zero-order valence-electron chi connectivity index (χ0n) is 14.9. The van der Waals surface area contributed by atoms with Crippen LogP contribution in [0.4, 0.5) is 23.7 Å². The Labute approximate surface area is 157 Å². The molecule has 0 aliphatic heterocycles. The van der Waals surface area contributed by atoms with Gasteiger partial charge in [-0.25, -0.2) is 32.9 Å². The summed E-state index contributed by atoms with van der Waals surface area (Å²) in [6.07, 6.45) is 4.33. The highest BCUT2D eigenvalue weighted by atomic mass is 19.3. The molecule has 0 bridgehead atoms. The third kappa shape index (κ3) is 4.24. The lowest BCUT2D eigenvalue weighted by molar-refractivity contribution is 0.0179. The van der Waals surface area contributed by atoms with Gasteiger partial charge in [-0.15, -0.1) is 0 Å². The van der Waals surface area contributed by atoms with Gasteiger partial charge in [0.1, 0.15) is 12.1 Å². The smallest absolute Gasteiger partial charge is 0.319 e. The fraction of sp³-hybridized carbons (Fsp3) is 0.235. The lowest BCUT2D eigenvalue weighted by Crippen LogP contribution is -2.33. The maximum absolute atomic E-state index is 13.7. The minimum Gasteiger partial charge on any atom is -0.328 e. The summed E-state index contributed by atoms with van der Waals surface area (Å²) in [7, 11) is 0. The van der Waals surface area contributed by atoms with Gasteiger partial charge in [-0.2, -0.15) is 9.78 Å². The molecule has 11 heteroatoms. The van der Waals surface area contributed by atoms with Crippen molar-refractivity contribution in [2.24, 2.45) is 0 Å². The summed E-state index contributed by atoms with van der Waals surface area (Å²) in [6.45, 7) is 2.25. The van der Waals surface area contributed by atoms with Crippen molar-refractivity contribution >= 4 is 11.7 Å². The molecule has 2 amide bonds. The zero-order valence-corrected chi connectivity index (χ0v) is 14.9. The van der Waals surface area contributed by atoms with Gasteiger partial charge in [-0.1, -0.05) is 0 Å². The van der Waals surface area contributed by atoms with Gasteiger partial charge < -0.3 is 10.6 Å². The number of aromatic nitrogens is 5. The van der Waals surface area contributed by atoms with E-state index in [1.54, 1.807) is 13.0 Å². The fourth-order valence-corrected chi connectivity index (χ4v) is 2.51. The minimum atomic E-state index is -3.33. The van der Waals surface area contributed by atoms with Crippen LogP contribution in [0.25, 0.3) is 5.95 Å². The van der Waals surface area contributed by atoms with Crippen LogP contribution in [0.3, 0.4) is 0 Å². The predicted octanol–water partition coefficient (Wildman–Crippen LogP) is 3.19. The van der Waals surface area contributed by atoms with Crippen LogP contribution in [0.15, 0.2) is 43.0 Å². The molecule has 1 atom stereocenters. The molecule has 8 nitrogen and oxygen atoms in total. The summed E-state index contributed by atoms with van der Waals surface area (Å²) in [6, 6.07) is 2.96. The van der Waals surface area contributed by atoms with Gasteiger partial charge in [0.15, 0.2) is 5.82 Å². The number of carbonyl (C=O) groups is 1. The van der Waals surface area contributed by atoms with Crippen LogP contribution in [0.2, 0.25) is 0 Å². The number of nitrogens with one attached hydrogen (secondary N) is 2. The molecule has 1 aromatic carbocycles. The quantitative estimate of drug-likeness (QED) is 0.696. The number of urea groups is 1. The number of hydrogen-bond acceptors (Lipinski definition) is 5. The summed E-state index contributed by atoms with van der Waals surface area (Å²) < 4.78 is 42.1. The van der Waals surface area contributed by atoms with Gasteiger partial charge >= 0.3 is 6.03 Å². The minimum absolute atomic E-state index is 0.202. The van der Waals surface area contributed by atoms with Crippen molar-refractivity contribution in [3.8, 4) is 5.95 Å². The van der Waals surface area contributed by atoms with Crippen molar-refractivity contribution in [2.45, 2.75) is 25.8 Å². The topological polar surface area (TPSA) is 97.6 Å². The Hall–Kier alpha value is -3.50. The normalized spacial score (nSPS) is 12.5. The maximum Gasteiger partial charge on any atom is 0.319 e. The molecule has 0 spiro atoms. The number of anilines is 1. The molecule has 0 aliphatic rings. The third-order valence-electron chi connectivity index (χ3n) is 3.75. The van der Waals surface area contributed by atoms with E-state index in [4.69, 9.17) is 0 Å². The van der Waals surface area contributed by atoms with Gasteiger partial charge in [0.2, 0.25) is 0 Å². The summed E-state index contributed by atoms with van der Waals surface area (Å²) in [5, 5.41) is 8.90.